The van der Waals surface area contributed by atoms with E-state index >= 15 is 0 Å². The van der Waals surface area contributed by atoms with Crippen LogP contribution in [0.25, 0.3) is 0 Å². The van der Waals surface area contributed by atoms with Gasteiger partial charge in [0.1, 0.15) is 6.04 Å². The Morgan fingerprint density at radius 2 is 2.12 bits per heavy atom. The first kappa shape index (κ1) is 20.1. The monoisotopic (exact) mass is 360 g/mol. The highest BCUT2D eigenvalue weighted by atomic mass is 16.5. The number of carbonyl (C=O) groups excluding carboxylic acids is 3. The van der Waals surface area contributed by atoms with Gasteiger partial charge >= 0.3 is 5.97 Å². The Morgan fingerprint density at radius 3 is 2.81 bits per heavy atom. The van der Waals surface area contributed by atoms with Gasteiger partial charge in [-0.1, -0.05) is 19.9 Å². The number of amides is 1. The smallest absolute Gasteiger partial charge is 0.328 e. The number of Topliss-reactive ketones (excluding diaryl/α,β-unsaturated/α-hetero) is 1. The lowest BCUT2D eigenvalue weighted by Gasteiger charge is -2.33. The zero-order valence-electron chi connectivity index (χ0n) is 15.6. The van der Waals surface area contributed by atoms with Crippen molar-refractivity contribution >= 4 is 17.7 Å². The van der Waals surface area contributed by atoms with Crippen LogP contribution in [0.4, 0.5) is 0 Å². The van der Waals surface area contributed by atoms with Crippen LogP contribution in [0.15, 0.2) is 24.5 Å². The molecule has 1 aliphatic rings. The molecule has 1 aliphatic heterocycles. The molecule has 0 N–H and O–H groups in total. The van der Waals surface area contributed by atoms with Crippen LogP contribution in [-0.4, -0.2) is 46.7 Å². The Morgan fingerprint density at radius 1 is 1.31 bits per heavy atom. The van der Waals surface area contributed by atoms with Crippen LogP contribution >= 0.6 is 0 Å². The van der Waals surface area contributed by atoms with Gasteiger partial charge in [-0.05, 0) is 49.7 Å². The molecule has 0 aromatic carbocycles. The molecule has 2 rings (SSSR count). The lowest BCUT2D eigenvalue weighted by Crippen LogP contribution is -2.51. The number of carbonyl (C=O) groups is 3. The summed E-state index contributed by atoms with van der Waals surface area (Å²) in [7, 11) is 0. The molecular weight excluding hydrogens is 332 g/mol. The number of ketones is 1. The summed E-state index contributed by atoms with van der Waals surface area (Å²) in [5.74, 6) is -1.25. The lowest BCUT2D eigenvalue weighted by molar-refractivity contribution is -0.159. The minimum absolute atomic E-state index is 0.120. The molecule has 0 saturated carbocycles. The average Bonchev–Trinajstić information content (AvgIpc) is 2.64. The van der Waals surface area contributed by atoms with Crippen molar-refractivity contribution < 1.29 is 19.1 Å². The van der Waals surface area contributed by atoms with Gasteiger partial charge in [-0.15, -0.1) is 0 Å². The molecule has 0 radical (unpaired) electrons. The van der Waals surface area contributed by atoms with Crippen molar-refractivity contribution in [3.05, 3.63) is 30.1 Å². The topological polar surface area (TPSA) is 76.6 Å². The van der Waals surface area contributed by atoms with Crippen molar-refractivity contribution in [1.82, 2.24) is 9.88 Å². The number of hydrogen-bond donors (Lipinski definition) is 0. The highest BCUT2D eigenvalue weighted by Crippen LogP contribution is 2.20. The molecule has 1 atom stereocenters. The third-order valence-electron chi connectivity index (χ3n) is 4.44. The second kappa shape index (κ2) is 10.0. The molecule has 26 heavy (non-hydrogen) atoms. The summed E-state index contributed by atoms with van der Waals surface area (Å²) in [5, 5.41) is 0. The van der Waals surface area contributed by atoms with Crippen LogP contribution in [0.5, 0.6) is 0 Å². The number of ether oxygens (including phenoxy) is 1. The Hall–Kier alpha value is -2.24. The number of aryl methyl sites for hydroxylation is 1. The second-order valence-electron chi connectivity index (χ2n) is 7.16. The first-order valence-corrected chi connectivity index (χ1v) is 9.38. The predicted molar refractivity (Wildman–Crippen MR) is 97.3 cm³/mol. The van der Waals surface area contributed by atoms with E-state index in [1.807, 2.05) is 26.0 Å². The molecular formula is C20H28N2O4. The molecule has 6 nitrogen and oxygen atoms in total. The van der Waals surface area contributed by atoms with E-state index in [0.29, 0.717) is 26.0 Å². The van der Waals surface area contributed by atoms with E-state index in [9.17, 15) is 14.4 Å². The fraction of sp³-hybridized carbons (Fsp3) is 0.600. The summed E-state index contributed by atoms with van der Waals surface area (Å²) < 4.78 is 5.38. The van der Waals surface area contributed by atoms with Crippen LogP contribution in [0.3, 0.4) is 0 Å². The minimum Gasteiger partial charge on any atom is -0.464 e. The maximum absolute atomic E-state index is 12.4. The zero-order chi connectivity index (χ0) is 18.9. The van der Waals surface area contributed by atoms with Gasteiger partial charge in [0.15, 0.2) is 0 Å². The van der Waals surface area contributed by atoms with Gasteiger partial charge in [0, 0.05) is 25.4 Å². The van der Waals surface area contributed by atoms with Gasteiger partial charge < -0.3 is 9.64 Å². The number of nitrogens with zero attached hydrogens (tertiary/aromatic N) is 2. The molecule has 142 valence electrons. The number of aromatic nitrogens is 1. The maximum Gasteiger partial charge on any atom is 0.328 e. The molecule has 6 heteroatoms. The van der Waals surface area contributed by atoms with E-state index in [1.165, 1.54) is 4.90 Å². The van der Waals surface area contributed by atoms with Crippen LogP contribution in [-0.2, 0) is 25.5 Å². The van der Waals surface area contributed by atoms with Crippen molar-refractivity contribution in [3.8, 4) is 0 Å². The Kier molecular flexibility index (Phi) is 7.75. The number of rotatable bonds is 8. The largest absolute Gasteiger partial charge is 0.464 e. The van der Waals surface area contributed by atoms with Crippen molar-refractivity contribution in [2.45, 2.75) is 58.4 Å². The van der Waals surface area contributed by atoms with Crippen molar-refractivity contribution in [1.29, 1.82) is 0 Å². The van der Waals surface area contributed by atoms with Crippen LogP contribution < -0.4 is 0 Å². The molecule has 0 bridgehead atoms. The fourth-order valence-electron chi connectivity index (χ4n) is 3.13. The van der Waals surface area contributed by atoms with E-state index in [2.05, 4.69) is 4.98 Å². The number of pyridine rings is 1. The molecule has 0 aliphatic carbocycles. The molecule has 2 heterocycles. The van der Waals surface area contributed by atoms with E-state index in [-0.39, 0.29) is 12.3 Å². The Balaban J connectivity index is 1.84. The quantitative estimate of drug-likeness (QED) is 0.404. The predicted octanol–water partition coefficient (Wildman–Crippen LogP) is 2.55. The van der Waals surface area contributed by atoms with Gasteiger partial charge in [-0.3, -0.25) is 14.6 Å². The molecule has 1 aromatic rings. The van der Waals surface area contributed by atoms with E-state index in [1.54, 1.807) is 12.4 Å². The van der Waals surface area contributed by atoms with E-state index in [0.717, 1.165) is 24.8 Å². The van der Waals surface area contributed by atoms with Crippen molar-refractivity contribution in [2.75, 3.05) is 13.2 Å². The molecule has 1 fully saturated rings. The summed E-state index contributed by atoms with van der Waals surface area (Å²) in [6, 6.07) is 3.23. The zero-order valence-corrected chi connectivity index (χ0v) is 15.6. The van der Waals surface area contributed by atoms with E-state index in [4.69, 9.17) is 4.74 Å². The molecule has 1 saturated heterocycles. The normalized spacial score (nSPS) is 17.2. The Bertz CT molecular complexity index is 615. The lowest BCUT2D eigenvalue weighted by atomic mass is 10.00. The number of esters is 1. The maximum atomic E-state index is 12.4. The second-order valence-corrected chi connectivity index (χ2v) is 7.16. The van der Waals surface area contributed by atoms with Gasteiger partial charge in [-0.2, -0.15) is 0 Å². The first-order chi connectivity index (χ1) is 12.5. The minimum atomic E-state index is -0.634. The highest BCUT2D eigenvalue weighted by Gasteiger charge is 2.35. The van der Waals surface area contributed by atoms with Gasteiger partial charge in [0.05, 0.1) is 6.61 Å². The van der Waals surface area contributed by atoms with Crippen LogP contribution in [0, 0.1) is 5.92 Å². The standard InChI is InChI=1S/C20H28N2O4/c1-15(2)13-18(23)19(24)22-11-4-3-9-17(22)20(25)26-12-6-8-16-7-5-10-21-14-16/h5,7,10,14-15,17H,3-4,6,8-9,11-13H2,1-2H3. The highest BCUT2D eigenvalue weighted by molar-refractivity contribution is 6.36. The number of piperidine rings is 1. The molecule has 1 aromatic heterocycles. The number of hydrogen-bond acceptors (Lipinski definition) is 5. The molecule has 1 amide bonds. The molecule has 0 spiro atoms. The van der Waals surface area contributed by atoms with Crippen molar-refractivity contribution in [2.24, 2.45) is 5.92 Å². The fourth-order valence-corrected chi connectivity index (χ4v) is 3.13. The average molecular weight is 360 g/mol. The summed E-state index contributed by atoms with van der Waals surface area (Å²) in [4.78, 5) is 42.4. The van der Waals surface area contributed by atoms with Gasteiger partial charge in [-0.25, -0.2) is 4.79 Å². The summed E-state index contributed by atoms with van der Waals surface area (Å²) in [5.41, 5.74) is 1.09. The summed E-state index contributed by atoms with van der Waals surface area (Å²) in [6.45, 7) is 4.54. The van der Waals surface area contributed by atoms with Crippen LogP contribution in [0.2, 0.25) is 0 Å². The van der Waals surface area contributed by atoms with Crippen LogP contribution in [0.1, 0.15) is 51.5 Å². The third-order valence-corrected chi connectivity index (χ3v) is 4.44. The SMILES string of the molecule is CC(C)CC(=O)C(=O)N1CCCCC1C(=O)OCCCc1cccnc1. The van der Waals surface area contributed by atoms with Gasteiger partial charge in [0.2, 0.25) is 5.78 Å². The van der Waals surface area contributed by atoms with Crippen molar-refractivity contribution in [3.63, 3.8) is 0 Å². The third kappa shape index (κ3) is 5.93. The first-order valence-electron chi connectivity index (χ1n) is 9.38. The van der Waals surface area contributed by atoms with Gasteiger partial charge in [0.25, 0.3) is 5.91 Å². The summed E-state index contributed by atoms with van der Waals surface area (Å²) in [6.07, 6.45) is 7.43. The number of likely N-dealkylation sites (tertiary alicyclic amines) is 1. The summed E-state index contributed by atoms with van der Waals surface area (Å²) >= 11 is 0. The van der Waals surface area contributed by atoms with E-state index < -0.39 is 23.7 Å². The Labute approximate surface area is 154 Å². The molecule has 1 unspecified atom stereocenters.